The quantitative estimate of drug-likeness (QED) is 0.859. The summed E-state index contributed by atoms with van der Waals surface area (Å²) in [7, 11) is 0. The zero-order valence-corrected chi connectivity index (χ0v) is 12.0. The zero-order valence-electron chi connectivity index (χ0n) is 12.0. The van der Waals surface area contributed by atoms with E-state index >= 15 is 0 Å². The summed E-state index contributed by atoms with van der Waals surface area (Å²) < 4.78 is 5.21. The number of anilines is 1. The van der Waals surface area contributed by atoms with E-state index in [9.17, 15) is 5.26 Å². The van der Waals surface area contributed by atoms with Crippen molar-refractivity contribution in [3.05, 3.63) is 35.6 Å². The first-order valence-corrected chi connectivity index (χ1v) is 7.24. The second-order valence-electron chi connectivity index (χ2n) is 5.17. The third kappa shape index (κ3) is 2.72. The highest BCUT2D eigenvalue weighted by Crippen LogP contribution is 2.29. The average Bonchev–Trinajstić information content (AvgIpc) is 3.04. The van der Waals surface area contributed by atoms with Crippen LogP contribution in [-0.2, 0) is 6.42 Å². The molecule has 1 aliphatic rings. The largest absolute Gasteiger partial charge is 0.355 e. The Bertz CT molecular complexity index is 660. The molecule has 0 bridgehead atoms. The smallest absolute Gasteiger partial charge is 0.226 e. The van der Waals surface area contributed by atoms with Gasteiger partial charge >= 0.3 is 0 Å². The van der Waals surface area contributed by atoms with Gasteiger partial charge in [0.2, 0.25) is 5.89 Å². The summed E-state index contributed by atoms with van der Waals surface area (Å²) in [6.45, 7) is 3.67. The first kappa shape index (κ1) is 13.6. The highest BCUT2D eigenvalue weighted by Gasteiger charge is 2.27. The van der Waals surface area contributed by atoms with Gasteiger partial charge in [0, 0.05) is 31.6 Å². The number of rotatable bonds is 3. The van der Waals surface area contributed by atoms with Gasteiger partial charge < -0.3 is 9.42 Å². The van der Waals surface area contributed by atoms with E-state index in [-0.39, 0.29) is 5.92 Å². The third-order valence-corrected chi connectivity index (χ3v) is 3.78. The Morgan fingerprint density at radius 2 is 2.43 bits per heavy atom. The molecule has 3 rings (SSSR count). The van der Waals surface area contributed by atoms with Gasteiger partial charge in [-0.25, -0.2) is 4.98 Å². The predicted molar refractivity (Wildman–Crippen MR) is 76.8 cm³/mol. The molecule has 0 spiro atoms. The summed E-state index contributed by atoms with van der Waals surface area (Å²) in [6, 6.07) is 5.80. The summed E-state index contributed by atoms with van der Waals surface area (Å²) >= 11 is 0. The normalized spacial score (nSPS) is 18.5. The van der Waals surface area contributed by atoms with Crippen LogP contribution < -0.4 is 4.90 Å². The Kier molecular flexibility index (Phi) is 3.82. The van der Waals surface area contributed by atoms with Crippen molar-refractivity contribution in [3.8, 4) is 6.07 Å². The lowest BCUT2D eigenvalue weighted by Gasteiger charge is -2.32. The van der Waals surface area contributed by atoms with E-state index in [1.807, 2.05) is 6.92 Å². The minimum absolute atomic E-state index is 0.233. The van der Waals surface area contributed by atoms with Gasteiger partial charge in [-0.3, -0.25) is 0 Å². The Labute approximate surface area is 123 Å². The van der Waals surface area contributed by atoms with Gasteiger partial charge in [-0.15, -0.1) is 0 Å². The molecule has 0 aliphatic carbocycles. The monoisotopic (exact) mass is 283 g/mol. The van der Waals surface area contributed by atoms with Gasteiger partial charge in [0.25, 0.3) is 0 Å². The summed E-state index contributed by atoms with van der Waals surface area (Å²) in [5, 5.41) is 13.3. The maximum Gasteiger partial charge on any atom is 0.226 e. The molecule has 0 N–H and O–H groups in total. The first-order valence-electron chi connectivity index (χ1n) is 7.24. The summed E-state index contributed by atoms with van der Waals surface area (Å²) in [4.78, 5) is 10.9. The molecule has 1 aliphatic heterocycles. The van der Waals surface area contributed by atoms with Crippen molar-refractivity contribution in [1.82, 2.24) is 15.1 Å². The van der Waals surface area contributed by atoms with Gasteiger partial charge in [0.15, 0.2) is 5.82 Å². The molecule has 0 unspecified atom stereocenters. The predicted octanol–water partition coefficient (Wildman–Crippen LogP) is 2.28. The molecule has 0 amide bonds. The Balaban J connectivity index is 1.81. The van der Waals surface area contributed by atoms with Gasteiger partial charge in [-0.2, -0.15) is 10.2 Å². The molecule has 108 valence electrons. The molecular formula is C15H17N5O. The van der Waals surface area contributed by atoms with Crippen molar-refractivity contribution < 1.29 is 4.52 Å². The third-order valence-electron chi connectivity index (χ3n) is 3.78. The van der Waals surface area contributed by atoms with Gasteiger partial charge in [-0.1, -0.05) is 12.1 Å². The van der Waals surface area contributed by atoms with Crippen molar-refractivity contribution in [3.63, 3.8) is 0 Å². The molecule has 2 aromatic rings. The van der Waals surface area contributed by atoms with Crippen molar-refractivity contribution >= 4 is 5.82 Å². The van der Waals surface area contributed by atoms with E-state index in [1.165, 1.54) is 0 Å². The van der Waals surface area contributed by atoms with E-state index in [4.69, 9.17) is 4.52 Å². The average molecular weight is 283 g/mol. The summed E-state index contributed by atoms with van der Waals surface area (Å²) in [5.41, 5.74) is 0.612. The van der Waals surface area contributed by atoms with Crippen LogP contribution in [0.4, 0.5) is 5.82 Å². The number of hydrogen-bond acceptors (Lipinski definition) is 6. The van der Waals surface area contributed by atoms with Crippen LogP contribution in [0.1, 0.15) is 43.0 Å². The fourth-order valence-electron chi connectivity index (χ4n) is 2.69. The highest BCUT2D eigenvalue weighted by molar-refractivity contribution is 5.53. The van der Waals surface area contributed by atoms with E-state index in [0.29, 0.717) is 11.5 Å². The van der Waals surface area contributed by atoms with E-state index < -0.39 is 0 Å². The molecule has 21 heavy (non-hydrogen) atoms. The molecule has 0 aromatic carbocycles. The number of piperidine rings is 1. The van der Waals surface area contributed by atoms with Crippen LogP contribution in [0.2, 0.25) is 0 Å². The minimum atomic E-state index is 0.233. The lowest BCUT2D eigenvalue weighted by molar-refractivity contribution is 0.368. The number of nitriles is 1. The highest BCUT2D eigenvalue weighted by atomic mass is 16.5. The number of hydrogen-bond donors (Lipinski definition) is 0. The molecule has 1 atom stereocenters. The molecule has 6 heteroatoms. The lowest BCUT2D eigenvalue weighted by atomic mass is 9.97. The van der Waals surface area contributed by atoms with Crippen LogP contribution in [0.15, 0.2) is 22.9 Å². The maximum atomic E-state index is 9.21. The summed E-state index contributed by atoms with van der Waals surface area (Å²) in [6.07, 6.45) is 4.54. The lowest BCUT2D eigenvalue weighted by Crippen LogP contribution is -2.35. The van der Waals surface area contributed by atoms with Crippen LogP contribution in [0.25, 0.3) is 0 Å². The number of aryl methyl sites for hydroxylation is 1. The van der Waals surface area contributed by atoms with Crippen LogP contribution in [0.5, 0.6) is 0 Å². The second-order valence-corrected chi connectivity index (χ2v) is 5.17. The summed E-state index contributed by atoms with van der Waals surface area (Å²) in [5.74, 6) is 2.43. The van der Waals surface area contributed by atoms with Gasteiger partial charge in [0.05, 0.1) is 5.56 Å². The molecule has 2 aromatic heterocycles. The van der Waals surface area contributed by atoms with Gasteiger partial charge in [0.1, 0.15) is 11.9 Å². The Morgan fingerprint density at radius 3 is 3.19 bits per heavy atom. The Morgan fingerprint density at radius 1 is 1.52 bits per heavy atom. The zero-order chi connectivity index (χ0) is 14.7. The molecule has 1 fully saturated rings. The first-order chi connectivity index (χ1) is 10.3. The molecule has 3 heterocycles. The fourth-order valence-corrected chi connectivity index (χ4v) is 2.69. The van der Waals surface area contributed by atoms with Crippen molar-refractivity contribution in [2.75, 3.05) is 18.0 Å². The Hall–Kier alpha value is -2.42. The molecule has 1 saturated heterocycles. The van der Waals surface area contributed by atoms with Crippen LogP contribution in [0, 0.1) is 11.3 Å². The van der Waals surface area contributed by atoms with Crippen LogP contribution in [-0.4, -0.2) is 28.2 Å². The number of pyridine rings is 1. The van der Waals surface area contributed by atoms with E-state index in [1.54, 1.807) is 18.3 Å². The van der Waals surface area contributed by atoms with Crippen molar-refractivity contribution in [2.45, 2.75) is 32.1 Å². The topological polar surface area (TPSA) is 78.8 Å². The molecule has 0 radical (unpaired) electrons. The maximum absolute atomic E-state index is 9.21. The number of aromatic nitrogens is 3. The SMILES string of the molecule is CCc1nc([C@H]2CCCN(c3ncccc3C#N)C2)no1. The minimum Gasteiger partial charge on any atom is -0.355 e. The van der Waals surface area contributed by atoms with Crippen LogP contribution >= 0.6 is 0 Å². The standard InChI is InChI=1S/C15H17N5O/c1-2-13-18-14(19-21-13)12-6-4-8-20(10-12)15-11(9-16)5-3-7-17-15/h3,5,7,12H,2,4,6,8,10H2,1H3/t12-/m0/s1. The van der Waals surface area contributed by atoms with Crippen LogP contribution in [0.3, 0.4) is 0 Å². The van der Waals surface area contributed by atoms with Gasteiger partial charge in [-0.05, 0) is 25.0 Å². The molecule has 6 nitrogen and oxygen atoms in total. The van der Waals surface area contributed by atoms with Crippen molar-refractivity contribution in [2.24, 2.45) is 0 Å². The number of nitrogens with zero attached hydrogens (tertiary/aromatic N) is 5. The van der Waals surface area contributed by atoms with Crippen molar-refractivity contribution in [1.29, 1.82) is 5.26 Å². The second kappa shape index (κ2) is 5.92. The fraction of sp³-hybridized carbons (Fsp3) is 0.467. The van der Waals surface area contributed by atoms with E-state index in [0.717, 1.165) is 44.0 Å². The molecule has 0 saturated carbocycles. The molecular weight excluding hydrogens is 266 g/mol. The van der Waals surface area contributed by atoms with E-state index in [2.05, 4.69) is 26.1 Å².